The topological polar surface area (TPSA) is 103 Å². The Bertz CT molecular complexity index is 853. The van der Waals surface area contributed by atoms with E-state index in [0.29, 0.717) is 19.7 Å². The second-order valence-electron chi connectivity index (χ2n) is 8.11. The van der Waals surface area contributed by atoms with Crippen LogP contribution in [0.5, 0.6) is 0 Å². The molecule has 4 unspecified atom stereocenters. The molecular formula is C21H28FN5O4. The zero-order chi connectivity index (χ0) is 22.0. The van der Waals surface area contributed by atoms with Crippen molar-refractivity contribution in [1.29, 1.82) is 0 Å². The zero-order valence-electron chi connectivity index (χ0n) is 17.5. The highest BCUT2D eigenvalue weighted by Crippen LogP contribution is 2.23. The number of ether oxygens (including phenoxy) is 1. The molecule has 3 aliphatic rings. The van der Waals surface area contributed by atoms with Crippen LogP contribution < -0.4 is 16.0 Å². The molecule has 4 rings (SSSR count). The van der Waals surface area contributed by atoms with Crippen molar-refractivity contribution in [2.45, 2.75) is 38.8 Å². The van der Waals surface area contributed by atoms with Gasteiger partial charge in [0.05, 0.1) is 31.2 Å². The van der Waals surface area contributed by atoms with Crippen LogP contribution in [0.2, 0.25) is 0 Å². The van der Waals surface area contributed by atoms with Crippen LogP contribution in [0.4, 0.5) is 9.18 Å². The summed E-state index contributed by atoms with van der Waals surface area (Å²) < 4.78 is 19.2. The van der Waals surface area contributed by atoms with Gasteiger partial charge in [-0.15, -0.1) is 0 Å². The van der Waals surface area contributed by atoms with Gasteiger partial charge >= 0.3 is 12.0 Å². The molecule has 0 aromatic heterocycles. The predicted octanol–water partition coefficient (Wildman–Crippen LogP) is 0.571. The number of nitrogens with one attached hydrogen (secondary N) is 3. The van der Waals surface area contributed by atoms with Gasteiger partial charge in [-0.1, -0.05) is 18.2 Å². The quantitative estimate of drug-likeness (QED) is 0.584. The summed E-state index contributed by atoms with van der Waals surface area (Å²) in [6.45, 7) is 3.73. The Labute approximate surface area is 180 Å². The minimum Gasteiger partial charge on any atom is -0.466 e. The van der Waals surface area contributed by atoms with Crippen LogP contribution in [0.15, 0.2) is 24.3 Å². The molecule has 3 saturated heterocycles. The van der Waals surface area contributed by atoms with E-state index < -0.39 is 23.9 Å². The number of nitrogens with zero attached hydrogens (tertiary/aromatic N) is 2. The third kappa shape index (κ3) is 4.56. The Hall–Kier alpha value is -2.56. The van der Waals surface area contributed by atoms with Crippen molar-refractivity contribution in [2.24, 2.45) is 11.8 Å². The second-order valence-corrected chi connectivity index (χ2v) is 8.11. The molecule has 1 aromatic rings. The van der Waals surface area contributed by atoms with E-state index in [9.17, 15) is 18.8 Å². The van der Waals surface area contributed by atoms with Crippen LogP contribution in [0.3, 0.4) is 0 Å². The molecule has 3 N–H and O–H groups in total. The fraction of sp³-hybridized carbons (Fsp3) is 0.571. The van der Waals surface area contributed by atoms with Crippen LogP contribution in [0.1, 0.15) is 25.3 Å². The summed E-state index contributed by atoms with van der Waals surface area (Å²) in [7, 11) is 0. The van der Waals surface area contributed by atoms with Crippen molar-refractivity contribution < 1.29 is 23.5 Å². The molecule has 168 valence electrons. The van der Waals surface area contributed by atoms with Gasteiger partial charge in [0.2, 0.25) is 5.91 Å². The molecule has 0 aliphatic carbocycles. The molecule has 31 heavy (non-hydrogen) atoms. The third-order valence-corrected chi connectivity index (χ3v) is 6.10. The van der Waals surface area contributed by atoms with Crippen LogP contribution in [-0.4, -0.2) is 66.4 Å². The SMILES string of the molecule is CCOC(=O)C1CCCN(C2NCC3C(=O)N(Cc4ccccc4F)C(=O)NC3N2)C1. The number of esters is 1. The van der Waals surface area contributed by atoms with Gasteiger partial charge in [-0.25, -0.2) is 9.18 Å². The molecule has 3 fully saturated rings. The van der Waals surface area contributed by atoms with Crippen LogP contribution in [0.25, 0.3) is 0 Å². The molecule has 4 atom stereocenters. The van der Waals surface area contributed by atoms with Gasteiger partial charge in [-0.3, -0.25) is 30.0 Å². The maximum atomic E-state index is 14.0. The lowest BCUT2D eigenvalue weighted by atomic mass is 9.96. The molecule has 0 radical (unpaired) electrons. The van der Waals surface area contributed by atoms with Gasteiger partial charge in [0.1, 0.15) is 12.1 Å². The standard InChI is InChI=1S/C21H28FN5O4/c1-2-31-19(29)14-7-5-9-26(11-14)20-23-10-15-17(24-20)25-21(30)27(18(15)28)12-13-6-3-4-8-16(13)22/h3-4,6,8,14-15,17,20,23-24H,2,5,7,9-12H2,1H3,(H,25,30). The van der Waals surface area contributed by atoms with Gasteiger partial charge in [-0.2, -0.15) is 0 Å². The average Bonchev–Trinajstić information content (AvgIpc) is 2.77. The number of piperidine rings is 1. The summed E-state index contributed by atoms with van der Waals surface area (Å²) in [5, 5.41) is 9.43. The smallest absolute Gasteiger partial charge is 0.325 e. The van der Waals surface area contributed by atoms with E-state index in [1.54, 1.807) is 25.1 Å². The maximum absolute atomic E-state index is 14.0. The lowest BCUT2D eigenvalue weighted by Gasteiger charge is -2.47. The van der Waals surface area contributed by atoms with Gasteiger partial charge in [0, 0.05) is 25.2 Å². The number of imide groups is 1. The van der Waals surface area contributed by atoms with E-state index in [2.05, 4.69) is 20.9 Å². The number of urea groups is 1. The maximum Gasteiger partial charge on any atom is 0.325 e. The summed E-state index contributed by atoms with van der Waals surface area (Å²) in [5.41, 5.74) is 0.289. The lowest BCUT2D eigenvalue weighted by Crippen LogP contribution is -2.75. The first-order valence-electron chi connectivity index (χ1n) is 10.7. The summed E-state index contributed by atoms with van der Waals surface area (Å²) in [6.07, 6.45) is 0.837. The normalized spacial score (nSPS) is 29.3. The Morgan fingerprint density at radius 3 is 2.87 bits per heavy atom. The van der Waals surface area contributed by atoms with Crippen molar-refractivity contribution in [3.63, 3.8) is 0 Å². The molecule has 9 nitrogen and oxygen atoms in total. The van der Waals surface area contributed by atoms with E-state index >= 15 is 0 Å². The molecule has 3 amide bonds. The van der Waals surface area contributed by atoms with Crippen LogP contribution in [-0.2, 0) is 20.9 Å². The van der Waals surface area contributed by atoms with Gasteiger partial charge in [0.15, 0.2) is 0 Å². The number of hydrogen-bond acceptors (Lipinski definition) is 7. The average molecular weight is 433 g/mol. The summed E-state index contributed by atoms with van der Waals surface area (Å²) in [6, 6.07) is 5.55. The van der Waals surface area contributed by atoms with E-state index in [4.69, 9.17) is 4.74 Å². The third-order valence-electron chi connectivity index (χ3n) is 6.10. The first-order chi connectivity index (χ1) is 15.0. The molecule has 0 saturated carbocycles. The highest BCUT2D eigenvalue weighted by molar-refractivity contribution is 5.98. The Balaban J connectivity index is 1.39. The number of halogens is 1. The number of benzene rings is 1. The number of fused-ring (bicyclic) bond motifs is 1. The fourth-order valence-electron chi connectivity index (χ4n) is 4.46. The summed E-state index contributed by atoms with van der Waals surface area (Å²) in [5.74, 6) is -1.68. The Morgan fingerprint density at radius 1 is 1.29 bits per heavy atom. The van der Waals surface area contributed by atoms with Crippen LogP contribution in [0, 0.1) is 17.7 Å². The first kappa shape index (κ1) is 21.7. The number of likely N-dealkylation sites (tertiary alicyclic amines) is 1. The van der Waals surface area contributed by atoms with Crippen molar-refractivity contribution in [3.8, 4) is 0 Å². The Kier molecular flexibility index (Phi) is 6.49. The van der Waals surface area contributed by atoms with Gasteiger partial charge < -0.3 is 10.1 Å². The van der Waals surface area contributed by atoms with Crippen molar-refractivity contribution in [3.05, 3.63) is 35.6 Å². The van der Waals surface area contributed by atoms with Crippen molar-refractivity contribution >= 4 is 17.9 Å². The van der Waals surface area contributed by atoms with E-state index in [-0.39, 0.29) is 36.2 Å². The first-order valence-corrected chi connectivity index (χ1v) is 10.7. The van der Waals surface area contributed by atoms with Gasteiger partial charge in [-0.05, 0) is 25.8 Å². The summed E-state index contributed by atoms with van der Waals surface area (Å²) in [4.78, 5) is 40.9. The number of amides is 3. The highest BCUT2D eigenvalue weighted by atomic mass is 19.1. The van der Waals surface area contributed by atoms with E-state index in [0.717, 1.165) is 24.3 Å². The molecule has 1 aromatic carbocycles. The molecular weight excluding hydrogens is 405 g/mol. The zero-order valence-corrected chi connectivity index (χ0v) is 17.5. The number of rotatable bonds is 5. The van der Waals surface area contributed by atoms with Crippen molar-refractivity contribution in [2.75, 3.05) is 26.2 Å². The minimum atomic E-state index is -0.550. The largest absolute Gasteiger partial charge is 0.466 e. The molecule has 0 bridgehead atoms. The highest BCUT2D eigenvalue weighted by Gasteiger charge is 2.45. The molecule has 0 spiro atoms. The predicted molar refractivity (Wildman–Crippen MR) is 109 cm³/mol. The summed E-state index contributed by atoms with van der Waals surface area (Å²) >= 11 is 0. The lowest BCUT2D eigenvalue weighted by molar-refractivity contribution is -0.150. The van der Waals surface area contributed by atoms with E-state index in [1.807, 2.05) is 0 Å². The fourth-order valence-corrected chi connectivity index (χ4v) is 4.46. The Morgan fingerprint density at radius 2 is 2.10 bits per heavy atom. The van der Waals surface area contributed by atoms with Gasteiger partial charge in [0.25, 0.3) is 0 Å². The number of carbonyl (C=O) groups excluding carboxylic acids is 3. The van der Waals surface area contributed by atoms with E-state index in [1.165, 1.54) is 6.07 Å². The molecule has 3 aliphatic heterocycles. The molecule has 10 heteroatoms. The van der Waals surface area contributed by atoms with Crippen molar-refractivity contribution in [1.82, 2.24) is 25.8 Å². The molecule has 3 heterocycles. The number of hydrogen-bond donors (Lipinski definition) is 3. The van der Waals surface area contributed by atoms with Crippen LogP contribution >= 0.6 is 0 Å². The minimum absolute atomic E-state index is 0.114. The second kappa shape index (κ2) is 9.29. The monoisotopic (exact) mass is 433 g/mol. The number of carbonyl (C=O) groups is 3.